The van der Waals surface area contributed by atoms with Crippen LogP contribution in [0.2, 0.25) is 0 Å². The molecule has 0 spiro atoms. The molecule has 1 saturated heterocycles. The summed E-state index contributed by atoms with van der Waals surface area (Å²) in [5.74, 6) is 1.05. The number of piperidine rings is 1. The van der Waals surface area contributed by atoms with Crippen LogP contribution in [0, 0.1) is 5.92 Å². The number of nitrogens with zero attached hydrogens (tertiary/aromatic N) is 1. The van der Waals surface area contributed by atoms with Gasteiger partial charge in [-0.2, -0.15) is 0 Å². The molecule has 0 aromatic carbocycles. The van der Waals surface area contributed by atoms with Crippen molar-refractivity contribution in [3.63, 3.8) is 0 Å². The van der Waals surface area contributed by atoms with E-state index in [1.54, 1.807) is 0 Å². The number of rotatable bonds is 5. The van der Waals surface area contributed by atoms with Gasteiger partial charge in [-0.3, -0.25) is 0 Å². The van der Waals surface area contributed by atoms with Crippen LogP contribution in [0.15, 0.2) is 0 Å². The van der Waals surface area contributed by atoms with Crippen LogP contribution in [0.4, 0.5) is 0 Å². The Morgan fingerprint density at radius 1 is 1.06 bits per heavy atom. The lowest BCUT2D eigenvalue weighted by molar-refractivity contribution is 0.156. The van der Waals surface area contributed by atoms with Crippen molar-refractivity contribution in [3.8, 4) is 0 Å². The summed E-state index contributed by atoms with van der Waals surface area (Å²) in [6, 6.07) is 2.25. The first-order chi connectivity index (χ1) is 7.65. The Hall–Kier alpha value is -0.0800. The second-order valence-electron chi connectivity index (χ2n) is 6.15. The van der Waals surface area contributed by atoms with E-state index in [0.29, 0.717) is 0 Å². The average Bonchev–Trinajstić information content (AvgIpc) is 3.02. The summed E-state index contributed by atoms with van der Waals surface area (Å²) < 4.78 is 0. The zero-order valence-electron chi connectivity index (χ0n) is 11.2. The van der Waals surface area contributed by atoms with E-state index in [2.05, 4.69) is 31.0 Å². The molecule has 94 valence electrons. The molecule has 2 aliphatic rings. The third kappa shape index (κ3) is 3.74. The molecule has 2 fully saturated rings. The van der Waals surface area contributed by atoms with E-state index >= 15 is 0 Å². The topological polar surface area (TPSA) is 15.3 Å². The minimum atomic E-state index is 0.727. The lowest BCUT2D eigenvalue weighted by Gasteiger charge is -2.36. The Labute approximate surface area is 101 Å². The molecule has 1 aliphatic heterocycles. The van der Waals surface area contributed by atoms with Gasteiger partial charge in [0.25, 0.3) is 0 Å². The van der Waals surface area contributed by atoms with Gasteiger partial charge in [-0.1, -0.05) is 12.8 Å². The van der Waals surface area contributed by atoms with Crippen LogP contribution in [-0.2, 0) is 0 Å². The molecule has 1 heterocycles. The van der Waals surface area contributed by atoms with Crippen molar-refractivity contribution in [3.05, 3.63) is 0 Å². The highest BCUT2D eigenvalue weighted by molar-refractivity contribution is 4.83. The lowest BCUT2D eigenvalue weighted by atomic mass is 10.0. The van der Waals surface area contributed by atoms with E-state index in [-0.39, 0.29) is 0 Å². The predicted octanol–water partition coefficient (Wildman–Crippen LogP) is 2.64. The van der Waals surface area contributed by atoms with Crippen LogP contribution >= 0.6 is 0 Å². The fourth-order valence-corrected chi connectivity index (χ4v) is 2.91. The van der Waals surface area contributed by atoms with Crippen LogP contribution in [-0.4, -0.2) is 36.1 Å². The van der Waals surface area contributed by atoms with Crippen molar-refractivity contribution in [2.45, 2.75) is 71.0 Å². The van der Waals surface area contributed by atoms with Crippen molar-refractivity contribution in [2.75, 3.05) is 13.1 Å². The van der Waals surface area contributed by atoms with E-state index in [1.807, 2.05) is 0 Å². The maximum Gasteiger partial charge on any atom is 0.00938 e. The maximum atomic E-state index is 3.82. The number of hydrogen-bond acceptors (Lipinski definition) is 2. The third-order valence-corrected chi connectivity index (χ3v) is 4.16. The summed E-state index contributed by atoms with van der Waals surface area (Å²) in [6.45, 7) is 9.55. The number of nitrogens with one attached hydrogen (secondary N) is 1. The Balaban J connectivity index is 1.64. The molecular formula is C14H28N2. The molecule has 2 nitrogen and oxygen atoms in total. The number of hydrogen-bond donors (Lipinski definition) is 1. The summed E-state index contributed by atoms with van der Waals surface area (Å²) in [5.41, 5.74) is 0. The SMILES string of the molecule is CC(CC1CC1)NC1CCN(C(C)C)CC1. The highest BCUT2D eigenvalue weighted by atomic mass is 15.2. The molecule has 0 bridgehead atoms. The first-order valence-electron chi connectivity index (χ1n) is 7.15. The van der Waals surface area contributed by atoms with Crippen LogP contribution in [0.25, 0.3) is 0 Å². The summed E-state index contributed by atoms with van der Waals surface area (Å²) in [7, 11) is 0. The second-order valence-corrected chi connectivity index (χ2v) is 6.15. The molecule has 16 heavy (non-hydrogen) atoms. The summed E-state index contributed by atoms with van der Waals surface area (Å²) in [4.78, 5) is 2.60. The summed E-state index contributed by atoms with van der Waals surface area (Å²) in [5, 5.41) is 3.82. The van der Waals surface area contributed by atoms with Crippen molar-refractivity contribution in [1.82, 2.24) is 10.2 Å². The molecule has 1 unspecified atom stereocenters. The standard InChI is InChI=1S/C14H28N2/c1-11(2)16-8-6-14(7-9-16)15-12(3)10-13-4-5-13/h11-15H,4-10H2,1-3H3. The van der Waals surface area contributed by atoms with E-state index in [4.69, 9.17) is 0 Å². The van der Waals surface area contributed by atoms with E-state index < -0.39 is 0 Å². The first kappa shape index (κ1) is 12.4. The van der Waals surface area contributed by atoms with Gasteiger partial charge < -0.3 is 10.2 Å². The van der Waals surface area contributed by atoms with Gasteiger partial charge in [0, 0.05) is 18.1 Å². The Kier molecular flexibility index (Phi) is 4.26. The zero-order valence-corrected chi connectivity index (χ0v) is 11.2. The van der Waals surface area contributed by atoms with Gasteiger partial charge in [0.2, 0.25) is 0 Å². The summed E-state index contributed by atoms with van der Waals surface area (Å²) in [6.07, 6.45) is 7.06. The Morgan fingerprint density at radius 3 is 2.19 bits per heavy atom. The Bertz CT molecular complexity index is 203. The monoisotopic (exact) mass is 224 g/mol. The van der Waals surface area contributed by atoms with Gasteiger partial charge in [0.05, 0.1) is 0 Å². The Morgan fingerprint density at radius 2 is 1.69 bits per heavy atom. The van der Waals surface area contributed by atoms with Gasteiger partial charge >= 0.3 is 0 Å². The highest BCUT2D eigenvalue weighted by Crippen LogP contribution is 2.33. The third-order valence-electron chi connectivity index (χ3n) is 4.16. The quantitative estimate of drug-likeness (QED) is 0.772. The number of likely N-dealkylation sites (tertiary alicyclic amines) is 1. The molecule has 2 rings (SSSR count). The van der Waals surface area contributed by atoms with Crippen LogP contribution in [0.5, 0.6) is 0 Å². The maximum absolute atomic E-state index is 3.82. The van der Waals surface area contributed by atoms with Gasteiger partial charge in [-0.25, -0.2) is 0 Å². The summed E-state index contributed by atoms with van der Waals surface area (Å²) >= 11 is 0. The minimum absolute atomic E-state index is 0.727. The van der Waals surface area contributed by atoms with E-state index in [1.165, 1.54) is 45.2 Å². The van der Waals surface area contributed by atoms with Crippen molar-refractivity contribution < 1.29 is 0 Å². The first-order valence-corrected chi connectivity index (χ1v) is 7.15. The fourth-order valence-electron chi connectivity index (χ4n) is 2.91. The molecule has 1 atom stereocenters. The van der Waals surface area contributed by atoms with Crippen LogP contribution < -0.4 is 5.32 Å². The molecule has 1 N–H and O–H groups in total. The minimum Gasteiger partial charge on any atom is -0.311 e. The van der Waals surface area contributed by atoms with Crippen molar-refractivity contribution >= 4 is 0 Å². The molecule has 0 aromatic heterocycles. The molecule has 1 aliphatic carbocycles. The van der Waals surface area contributed by atoms with Gasteiger partial charge in [0.15, 0.2) is 0 Å². The smallest absolute Gasteiger partial charge is 0.00938 e. The second kappa shape index (κ2) is 5.50. The zero-order chi connectivity index (χ0) is 11.5. The molecule has 0 radical (unpaired) electrons. The van der Waals surface area contributed by atoms with Gasteiger partial charge in [-0.05, 0) is 59.0 Å². The highest BCUT2D eigenvalue weighted by Gasteiger charge is 2.26. The molecule has 1 saturated carbocycles. The molecule has 0 amide bonds. The molecule has 2 heteroatoms. The molecular weight excluding hydrogens is 196 g/mol. The largest absolute Gasteiger partial charge is 0.311 e. The predicted molar refractivity (Wildman–Crippen MR) is 69.7 cm³/mol. The average molecular weight is 224 g/mol. The normalized spacial score (nSPS) is 26.2. The molecule has 0 aromatic rings. The van der Waals surface area contributed by atoms with E-state index in [0.717, 1.165) is 24.0 Å². The van der Waals surface area contributed by atoms with Crippen LogP contribution in [0.1, 0.15) is 52.9 Å². The van der Waals surface area contributed by atoms with Crippen molar-refractivity contribution in [2.24, 2.45) is 5.92 Å². The lowest BCUT2D eigenvalue weighted by Crippen LogP contribution is -2.47. The van der Waals surface area contributed by atoms with Gasteiger partial charge in [0.1, 0.15) is 0 Å². The fraction of sp³-hybridized carbons (Fsp3) is 1.00. The van der Waals surface area contributed by atoms with Crippen molar-refractivity contribution in [1.29, 1.82) is 0 Å². The van der Waals surface area contributed by atoms with Gasteiger partial charge in [-0.15, -0.1) is 0 Å². The van der Waals surface area contributed by atoms with Crippen LogP contribution in [0.3, 0.4) is 0 Å². The van der Waals surface area contributed by atoms with E-state index in [9.17, 15) is 0 Å².